The van der Waals surface area contributed by atoms with Crippen molar-refractivity contribution in [3.05, 3.63) is 71.8 Å². The molecule has 0 unspecified atom stereocenters. The van der Waals surface area contributed by atoms with Gasteiger partial charge in [0.2, 0.25) is 0 Å². The van der Waals surface area contributed by atoms with Crippen LogP contribution in [0.25, 0.3) is 0 Å². The number of hydrogen-bond acceptors (Lipinski definition) is 2. The first-order valence-corrected chi connectivity index (χ1v) is 6.60. The molecule has 2 aromatic rings. The maximum Gasteiger partial charge on any atom is 0.193 e. The lowest BCUT2D eigenvalue weighted by Crippen LogP contribution is -1.99. The summed E-state index contributed by atoms with van der Waals surface area (Å²) >= 11 is 0. The summed E-state index contributed by atoms with van der Waals surface area (Å²) in [4.78, 5) is 11.8. The summed E-state index contributed by atoms with van der Waals surface area (Å²) < 4.78 is 4.94. The van der Waals surface area contributed by atoms with Crippen molar-refractivity contribution in [2.75, 3.05) is 13.2 Å². The van der Waals surface area contributed by atoms with Gasteiger partial charge in [-0.3, -0.25) is 4.79 Å². The van der Waals surface area contributed by atoms with Crippen LogP contribution in [-0.4, -0.2) is 19.0 Å². The molecule has 0 N–H and O–H groups in total. The summed E-state index contributed by atoms with van der Waals surface area (Å²) in [5, 5.41) is 0. The molecule has 0 bridgehead atoms. The van der Waals surface area contributed by atoms with Crippen LogP contribution in [-0.2, 0) is 4.74 Å². The highest BCUT2D eigenvalue weighted by atomic mass is 79.9. The van der Waals surface area contributed by atoms with E-state index in [1.165, 1.54) is 12.8 Å². The van der Waals surface area contributed by atoms with Crippen molar-refractivity contribution in [3.8, 4) is 0 Å². The van der Waals surface area contributed by atoms with Crippen molar-refractivity contribution in [3.63, 3.8) is 0 Å². The molecule has 0 aromatic heterocycles. The zero-order chi connectivity index (χ0) is 13.3. The molecule has 2 nitrogen and oxygen atoms in total. The van der Waals surface area contributed by atoms with Crippen LogP contribution in [0.1, 0.15) is 28.8 Å². The molecule has 0 amide bonds. The number of benzene rings is 2. The third-order valence-electron chi connectivity index (χ3n) is 2.90. The third-order valence-corrected chi connectivity index (χ3v) is 2.90. The monoisotopic (exact) mass is 334 g/mol. The zero-order valence-corrected chi connectivity index (χ0v) is 13.0. The molecule has 0 spiro atoms. The molecule has 1 fully saturated rings. The maximum atomic E-state index is 11.8. The van der Waals surface area contributed by atoms with E-state index in [0.29, 0.717) is 0 Å². The van der Waals surface area contributed by atoms with E-state index in [4.69, 9.17) is 4.74 Å². The van der Waals surface area contributed by atoms with E-state index in [2.05, 4.69) is 0 Å². The van der Waals surface area contributed by atoms with Gasteiger partial charge >= 0.3 is 0 Å². The van der Waals surface area contributed by atoms with Gasteiger partial charge in [0.1, 0.15) is 0 Å². The first-order valence-electron chi connectivity index (χ1n) is 6.60. The van der Waals surface area contributed by atoms with Crippen molar-refractivity contribution < 1.29 is 9.53 Å². The summed E-state index contributed by atoms with van der Waals surface area (Å²) in [6, 6.07) is 18.6. The van der Waals surface area contributed by atoms with E-state index in [1.807, 2.05) is 60.7 Å². The minimum atomic E-state index is 0. The SMILES string of the molecule is Br.C1CCOC1.O=C(c1ccccc1)c1ccccc1. The Morgan fingerprint density at radius 2 is 1.15 bits per heavy atom. The quantitative estimate of drug-likeness (QED) is 0.765. The van der Waals surface area contributed by atoms with Gasteiger partial charge in [0.25, 0.3) is 0 Å². The van der Waals surface area contributed by atoms with Gasteiger partial charge in [0.05, 0.1) is 0 Å². The first-order chi connectivity index (χ1) is 9.38. The molecule has 0 radical (unpaired) electrons. The van der Waals surface area contributed by atoms with E-state index in [1.54, 1.807) is 0 Å². The second-order valence-electron chi connectivity index (χ2n) is 4.38. The molecule has 3 rings (SSSR count). The minimum Gasteiger partial charge on any atom is -0.381 e. The lowest BCUT2D eigenvalue weighted by atomic mass is 10.0. The Hall–Kier alpha value is -1.45. The van der Waals surface area contributed by atoms with E-state index < -0.39 is 0 Å². The zero-order valence-electron chi connectivity index (χ0n) is 11.3. The molecule has 20 heavy (non-hydrogen) atoms. The minimum absolute atomic E-state index is 0. The Bertz CT molecular complexity index is 444. The van der Waals surface area contributed by atoms with Crippen LogP contribution in [0.5, 0.6) is 0 Å². The van der Waals surface area contributed by atoms with Crippen LogP contribution in [0, 0.1) is 0 Å². The van der Waals surface area contributed by atoms with E-state index in [-0.39, 0.29) is 22.8 Å². The average Bonchev–Trinajstić information content (AvgIpc) is 3.08. The van der Waals surface area contributed by atoms with Crippen molar-refractivity contribution in [1.82, 2.24) is 0 Å². The topological polar surface area (TPSA) is 26.3 Å². The largest absolute Gasteiger partial charge is 0.381 e. The van der Waals surface area contributed by atoms with Crippen LogP contribution in [0.3, 0.4) is 0 Å². The highest BCUT2D eigenvalue weighted by Crippen LogP contribution is 2.08. The fraction of sp³-hybridized carbons (Fsp3) is 0.235. The van der Waals surface area contributed by atoms with Crippen LogP contribution < -0.4 is 0 Å². The number of halogens is 1. The highest BCUT2D eigenvalue weighted by Gasteiger charge is 2.06. The summed E-state index contributed by atoms with van der Waals surface area (Å²) in [6.07, 6.45) is 2.56. The summed E-state index contributed by atoms with van der Waals surface area (Å²) in [5.74, 6) is 0.0752. The molecule has 3 heteroatoms. The lowest BCUT2D eigenvalue weighted by molar-refractivity contribution is 0.103. The Morgan fingerprint density at radius 1 is 0.750 bits per heavy atom. The molecule has 1 aliphatic heterocycles. The molecule has 2 aromatic carbocycles. The standard InChI is InChI=1S/C13H10O.C4H8O.BrH/c14-13(11-7-3-1-4-8-11)12-9-5-2-6-10-12;1-2-4-5-3-1;/h1-10H;1-4H2;1H. The number of carbonyl (C=O) groups is 1. The fourth-order valence-electron chi connectivity index (χ4n) is 1.86. The van der Waals surface area contributed by atoms with Gasteiger partial charge in [-0.25, -0.2) is 0 Å². The van der Waals surface area contributed by atoms with Crippen molar-refractivity contribution >= 4 is 22.8 Å². The molecule has 1 saturated heterocycles. The van der Waals surface area contributed by atoms with Gasteiger partial charge in [0, 0.05) is 24.3 Å². The third kappa shape index (κ3) is 5.27. The maximum absolute atomic E-state index is 11.8. The predicted octanol–water partition coefficient (Wildman–Crippen LogP) is 4.29. The molecular weight excluding hydrogens is 316 g/mol. The Morgan fingerprint density at radius 3 is 1.45 bits per heavy atom. The molecule has 0 aliphatic carbocycles. The molecular formula is C17H19BrO2. The van der Waals surface area contributed by atoms with Crippen molar-refractivity contribution in [2.24, 2.45) is 0 Å². The van der Waals surface area contributed by atoms with Gasteiger partial charge in [-0.2, -0.15) is 0 Å². The lowest BCUT2D eigenvalue weighted by Gasteiger charge is -1.99. The van der Waals surface area contributed by atoms with Crippen LogP contribution in [0.4, 0.5) is 0 Å². The number of carbonyl (C=O) groups excluding carboxylic acids is 1. The smallest absolute Gasteiger partial charge is 0.193 e. The summed E-state index contributed by atoms with van der Waals surface area (Å²) in [5.41, 5.74) is 1.47. The number of ether oxygens (including phenoxy) is 1. The number of ketones is 1. The van der Waals surface area contributed by atoms with Gasteiger partial charge in [0.15, 0.2) is 5.78 Å². The van der Waals surface area contributed by atoms with Crippen LogP contribution in [0.15, 0.2) is 60.7 Å². The van der Waals surface area contributed by atoms with Gasteiger partial charge in [-0.1, -0.05) is 60.7 Å². The highest BCUT2D eigenvalue weighted by molar-refractivity contribution is 8.93. The fourth-order valence-corrected chi connectivity index (χ4v) is 1.86. The average molecular weight is 335 g/mol. The Balaban J connectivity index is 0.000000283. The second-order valence-corrected chi connectivity index (χ2v) is 4.38. The number of hydrogen-bond donors (Lipinski definition) is 0. The van der Waals surface area contributed by atoms with E-state index in [9.17, 15) is 4.79 Å². The van der Waals surface area contributed by atoms with Gasteiger partial charge in [-0.05, 0) is 12.8 Å². The van der Waals surface area contributed by atoms with E-state index >= 15 is 0 Å². The van der Waals surface area contributed by atoms with Crippen LogP contribution in [0.2, 0.25) is 0 Å². The van der Waals surface area contributed by atoms with Crippen LogP contribution >= 0.6 is 17.0 Å². The van der Waals surface area contributed by atoms with Gasteiger partial charge in [-0.15, -0.1) is 17.0 Å². The number of rotatable bonds is 2. The molecule has 1 heterocycles. The molecule has 0 saturated carbocycles. The van der Waals surface area contributed by atoms with Gasteiger partial charge < -0.3 is 4.74 Å². The predicted molar refractivity (Wildman–Crippen MR) is 86.7 cm³/mol. The second kappa shape index (κ2) is 9.45. The van der Waals surface area contributed by atoms with Crippen molar-refractivity contribution in [1.29, 1.82) is 0 Å². The first kappa shape index (κ1) is 16.6. The molecule has 106 valence electrons. The summed E-state index contributed by atoms with van der Waals surface area (Å²) in [6.45, 7) is 2.00. The molecule has 1 aliphatic rings. The Kier molecular flexibility index (Phi) is 7.85. The summed E-state index contributed by atoms with van der Waals surface area (Å²) in [7, 11) is 0. The van der Waals surface area contributed by atoms with Crippen molar-refractivity contribution in [2.45, 2.75) is 12.8 Å². The van der Waals surface area contributed by atoms with E-state index in [0.717, 1.165) is 24.3 Å². The Labute approximate surface area is 130 Å². The normalized spacial score (nSPS) is 12.8. The molecule has 0 atom stereocenters.